The molecule has 3 aromatic heterocycles. The molecule has 0 aliphatic heterocycles. The van der Waals surface area contributed by atoms with Gasteiger partial charge in [-0.25, -0.2) is 9.97 Å². The third-order valence-electron chi connectivity index (χ3n) is 10.00. The molecule has 3 heterocycles. The van der Waals surface area contributed by atoms with E-state index in [0.717, 1.165) is 83.4 Å². The number of hydrogen-bond donors (Lipinski definition) is 0. The van der Waals surface area contributed by atoms with Crippen molar-refractivity contribution in [2.75, 3.05) is 0 Å². The minimum absolute atomic E-state index is 0.674. The summed E-state index contributed by atoms with van der Waals surface area (Å²) in [6, 6.07) is 61.4. The van der Waals surface area contributed by atoms with Gasteiger partial charge in [-0.1, -0.05) is 133 Å². The zero-order valence-corrected chi connectivity index (χ0v) is 28.6. The van der Waals surface area contributed by atoms with Crippen molar-refractivity contribution in [2.45, 2.75) is 0 Å². The molecule has 0 aliphatic rings. The number of pyridine rings is 1. The van der Waals surface area contributed by atoms with Crippen molar-refractivity contribution >= 4 is 32.7 Å². The molecule has 4 nitrogen and oxygen atoms in total. The van der Waals surface area contributed by atoms with Crippen LogP contribution >= 0.6 is 0 Å². The molecule has 0 amide bonds. The van der Waals surface area contributed by atoms with E-state index >= 15 is 0 Å². The Morgan fingerprint density at radius 2 is 0.943 bits per heavy atom. The van der Waals surface area contributed by atoms with Crippen LogP contribution in [0.25, 0.3) is 100.0 Å². The van der Waals surface area contributed by atoms with Crippen molar-refractivity contribution in [2.24, 2.45) is 0 Å². The summed E-state index contributed by atoms with van der Waals surface area (Å²) in [5.41, 5.74) is 13.0. The topological polar surface area (TPSA) is 51.8 Å². The van der Waals surface area contributed by atoms with Crippen molar-refractivity contribution < 1.29 is 4.42 Å². The Balaban J connectivity index is 1.20. The van der Waals surface area contributed by atoms with Crippen LogP contribution in [0.4, 0.5) is 0 Å². The van der Waals surface area contributed by atoms with Crippen LogP contribution < -0.4 is 0 Å². The lowest BCUT2D eigenvalue weighted by Gasteiger charge is -2.14. The molecule has 0 unspecified atom stereocenters. The maximum atomic E-state index is 6.57. The van der Waals surface area contributed by atoms with Crippen LogP contribution in [-0.4, -0.2) is 15.0 Å². The van der Waals surface area contributed by atoms with Crippen LogP contribution in [0.15, 0.2) is 193 Å². The lowest BCUT2D eigenvalue weighted by atomic mass is 9.91. The molecule has 10 rings (SSSR count). The highest BCUT2D eigenvalue weighted by atomic mass is 16.3. The smallest absolute Gasteiger partial charge is 0.160 e. The molecule has 0 fully saturated rings. The van der Waals surface area contributed by atoms with Gasteiger partial charge >= 0.3 is 0 Å². The number of hydrogen-bond acceptors (Lipinski definition) is 4. The third-order valence-corrected chi connectivity index (χ3v) is 10.00. The first-order valence-electron chi connectivity index (χ1n) is 17.7. The van der Waals surface area contributed by atoms with E-state index in [1.165, 1.54) is 10.8 Å². The molecule has 10 aromatic rings. The number of para-hydroxylation sites is 2. The number of rotatable bonds is 6. The largest absolute Gasteiger partial charge is 0.455 e. The van der Waals surface area contributed by atoms with Gasteiger partial charge in [0.15, 0.2) is 5.82 Å². The second-order valence-electron chi connectivity index (χ2n) is 13.2. The molecule has 0 N–H and O–H groups in total. The van der Waals surface area contributed by atoms with Gasteiger partial charge < -0.3 is 4.42 Å². The predicted octanol–water partition coefficient (Wildman–Crippen LogP) is 12.9. The van der Waals surface area contributed by atoms with E-state index in [9.17, 15) is 0 Å². The zero-order chi connectivity index (χ0) is 35.1. The summed E-state index contributed by atoms with van der Waals surface area (Å²) >= 11 is 0. The van der Waals surface area contributed by atoms with Gasteiger partial charge in [0, 0.05) is 45.4 Å². The predicted molar refractivity (Wildman–Crippen MR) is 217 cm³/mol. The first-order valence-corrected chi connectivity index (χ1v) is 17.7. The number of furan rings is 1. The molecule has 53 heavy (non-hydrogen) atoms. The van der Waals surface area contributed by atoms with Crippen molar-refractivity contribution in [3.05, 3.63) is 188 Å². The first kappa shape index (κ1) is 30.6. The lowest BCUT2D eigenvalue weighted by molar-refractivity contribution is 0.670. The van der Waals surface area contributed by atoms with E-state index in [1.54, 1.807) is 0 Å². The van der Waals surface area contributed by atoms with Gasteiger partial charge in [0.1, 0.15) is 11.2 Å². The summed E-state index contributed by atoms with van der Waals surface area (Å²) in [4.78, 5) is 14.6. The highest BCUT2D eigenvalue weighted by molar-refractivity contribution is 6.10. The molecule has 248 valence electrons. The second kappa shape index (κ2) is 12.9. The minimum atomic E-state index is 0.674. The molecule has 0 saturated carbocycles. The Hall–Kier alpha value is -7.17. The van der Waals surface area contributed by atoms with Crippen LogP contribution in [0.5, 0.6) is 0 Å². The average Bonchev–Trinajstić information content (AvgIpc) is 3.63. The summed E-state index contributed by atoms with van der Waals surface area (Å²) in [6.45, 7) is 0. The summed E-state index contributed by atoms with van der Waals surface area (Å²) in [5.74, 6) is 0.674. The molecule has 0 saturated heterocycles. The van der Waals surface area contributed by atoms with Crippen molar-refractivity contribution in [1.82, 2.24) is 15.0 Å². The van der Waals surface area contributed by atoms with E-state index in [-0.39, 0.29) is 0 Å². The van der Waals surface area contributed by atoms with Crippen LogP contribution in [0, 0.1) is 0 Å². The maximum absolute atomic E-state index is 6.57. The Kier molecular flexibility index (Phi) is 7.43. The van der Waals surface area contributed by atoms with E-state index in [2.05, 4.69) is 138 Å². The quantitative estimate of drug-likeness (QED) is 0.176. The number of nitrogens with zero attached hydrogens (tertiary/aromatic N) is 3. The number of aromatic nitrogens is 3. The fraction of sp³-hybridized carbons (Fsp3) is 0. The van der Waals surface area contributed by atoms with Gasteiger partial charge in [-0.15, -0.1) is 0 Å². The fourth-order valence-corrected chi connectivity index (χ4v) is 7.38. The van der Waals surface area contributed by atoms with Gasteiger partial charge in [0.25, 0.3) is 0 Å². The van der Waals surface area contributed by atoms with Gasteiger partial charge in [0.05, 0.1) is 11.4 Å². The molecule has 0 spiro atoms. The second-order valence-corrected chi connectivity index (χ2v) is 13.2. The summed E-state index contributed by atoms with van der Waals surface area (Å²) in [6.07, 6.45) is 3.64. The van der Waals surface area contributed by atoms with Gasteiger partial charge in [-0.05, 0) is 81.1 Å². The average molecular weight is 678 g/mol. The Bertz CT molecular complexity index is 2930. The maximum Gasteiger partial charge on any atom is 0.160 e. The number of fused-ring (bicyclic) bond motifs is 4. The van der Waals surface area contributed by atoms with Crippen molar-refractivity contribution in [3.63, 3.8) is 0 Å². The van der Waals surface area contributed by atoms with E-state index in [0.29, 0.717) is 5.82 Å². The van der Waals surface area contributed by atoms with Crippen LogP contribution in [0.2, 0.25) is 0 Å². The lowest BCUT2D eigenvalue weighted by Crippen LogP contribution is -1.97. The van der Waals surface area contributed by atoms with Crippen LogP contribution in [-0.2, 0) is 0 Å². The Morgan fingerprint density at radius 3 is 1.77 bits per heavy atom. The van der Waals surface area contributed by atoms with Crippen molar-refractivity contribution in [3.8, 4) is 67.3 Å². The van der Waals surface area contributed by atoms with Crippen LogP contribution in [0.1, 0.15) is 0 Å². The molecule has 0 bridgehead atoms. The zero-order valence-electron chi connectivity index (χ0n) is 28.6. The van der Waals surface area contributed by atoms with E-state index in [4.69, 9.17) is 14.4 Å². The highest BCUT2D eigenvalue weighted by Crippen LogP contribution is 2.41. The third kappa shape index (κ3) is 5.63. The van der Waals surface area contributed by atoms with Gasteiger partial charge in [-0.2, -0.15) is 0 Å². The van der Waals surface area contributed by atoms with Gasteiger partial charge in [-0.3, -0.25) is 4.98 Å². The molecule has 0 aliphatic carbocycles. The minimum Gasteiger partial charge on any atom is -0.455 e. The monoisotopic (exact) mass is 677 g/mol. The standard InChI is InChI=1S/C49H31N3O/c1-2-11-36(12-3-1)49-51-45(35-22-20-32(21-23-35)33-24-26-50-27-25-33)31-46(52-49)39-29-37(41-16-8-13-34-10-4-5-14-40(34)41)28-38(30-39)42-17-9-18-44-43-15-6-7-19-47(43)53-48(42)44/h1-31H. The van der Waals surface area contributed by atoms with Gasteiger partial charge in [0.2, 0.25) is 0 Å². The highest BCUT2D eigenvalue weighted by Gasteiger charge is 2.17. The van der Waals surface area contributed by atoms with Crippen molar-refractivity contribution in [1.29, 1.82) is 0 Å². The molecular formula is C49H31N3O. The molecular weight excluding hydrogens is 647 g/mol. The summed E-state index contributed by atoms with van der Waals surface area (Å²) in [5, 5.41) is 4.60. The molecule has 7 aromatic carbocycles. The number of benzene rings is 7. The molecule has 0 atom stereocenters. The fourth-order valence-electron chi connectivity index (χ4n) is 7.38. The molecule has 0 radical (unpaired) electrons. The summed E-state index contributed by atoms with van der Waals surface area (Å²) < 4.78 is 6.57. The Labute approximate surface area is 306 Å². The van der Waals surface area contributed by atoms with E-state index in [1.807, 2.05) is 54.9 Å². The summed E-state index contributed by atoms with van der Waals surface area (Å²) in [7, 11) is 0. The molecule has 4 heteroatoms. The van der Waals surface area contributed by atoms with E-state index < -0.39 is 0 Å². The van der Waals surface area contributed by atoms with Crippen LogP contribution in [0.3, 0.4) is 0 Å². The Morgan fingerprint density at radius 1 is 0.358 bits per heavy atom. The SMILES string of the molecule is c1ccc(-c2nc(-c3ccc(-c4ccncc4)cc3)cc(-c3cc(-c4cccc5ccccc45)cc(-c4cccc5c4oc4ccccc45)c3)n2)cc1. The normalized spacial score (nSPS) is 11.4. The first-order chi connectivity index (χ1) is 26.2.